The van der Waals surface area contributed by atoms with Gasteiger partial charge in [-0.15, -0.1) is 24.0 Å². The molecule has 1 aromatic carbocycles. The van der Waals surface area contributed by atoms with Crippen LogP contribution in [0.25, 0.3) is 11.5 Å². The van der Waals surface area contributed by atoms with Gasteiger partial charge in [-0.1, -0.05) is 32.0 Å². The number of aromatic nitrogens is 4. The molecule has 31 heavy (non-hydrogen) atoms. The van der Waals surface area contributed by atoms with Crippen LogP contribution in [0.4, 0.5) is 0 Å². The van der Waals surface area contributed by atoms with Gasteiger partial charge in [-0.25, -0.2) is 19.6 Å². The summed E-state index contributed by atoms with van der Waals surface area (Å²) in [5, 5.41) is 11.5. The molecule has 0 saturated carbocycles. The van der Waals surface area contributed by atoms with Crippen molar-refractivity contribution < 1.29 is 4.42 Å². The van der Waals surface area contributed by atoms with Gasteiger partial charge in [0.15, 0.2) is 11.8 Å². The number of benzene rings is 1. The van der Waals surface area contributed by atoms with E-state index >= 15 is 0 Å². The third kappa shape index (κ3) is 5.84. The molecule has 4 rings (SSSR count). The van der Waals surface area contributed by atoms with Crippen LogP contribution >= 0.6 is 24.0 Å². The van der Waals surface area contributed by atoms with Crippen LogP contribution < -0.4 is 10.6 Å². The highest BCUT2D eigenvalue weighted by Crippen LogP contribution is 2.19. The molecule has 0 fully saturated rings. The normalized spacial score (nSPS) is 16.0. The van der Waals surface area contributed by atoms with Crippen LogP contribution in [0.5, 0.6) is 0 Å². The quantitative estimate of drug-likeness (QED) is 0.284. The van der Waals surface area contributed by atoms with Crippen molar-refractivity contribution in [3.05, 3.63) is 53.9 Å². The topological polar surface area (TPSA) is 93.2 Å². The predicted molar refractivity (Wildman–Crippen MR) is 132 cm³/mol. The monoisotopic (exact) mass is 535 g/mol. The van der Waals surface area contributed by atoms with E-state index in [2.05, 4.69) is 46.5 Å². The van der Waals surface area contributed by atoms with E-state index in [-0.39, 0.29) is 30.0 Å². The summed E-state index contributed by atoms with van der Waals surface area (Å²) in [6, 6.07) is 10.1. The number of hydrogen-bond acceptors (Lipinski definition) is 5. The number of hydrogen-bond donors (Lipinski definition) is 2. The van der Waals surface area contributed by atoms with Gasteiger partial charge in [-0.05, 0) is 25.5 Å². The van der Waals surface area contributed by atoms with Gasteiger partial charge in [0.2, 0.25) is 5.89 Å². The van der Waals surface area contributed by atoms with E-state index in [4.69, 9.17) is 9.41 Å². The summed E-state index contributed by atoms with van der Waals surface area (Å²) in [6.07, 6.45) is 3.59. The molecule has 0 aliphatic carbocycles. The van der Waals surface area contributed by atoms with Gasteiger partial charge < -0.3 is 15.1 Å². The summed E-state index contributed by atoms with van der Waals surface area (Å²) in [5.74, 6) is 3.74. The minimum absolute atomic E-state index is 0. The Morgan fingerprint density at radius 1 is 1.26 bits per heavy atom. The second-order valence-electron chi connectivity index (χ2n) is 7.81. The summed E-state index contributed by atoms with van der Waals surface area (Å²) in [7, 11) is 0. The summed E-state index contributed by atoms with van der Waals surface area (Å²) in [5.41, 5.74) is 1.76. The number of aryl methyl sites for hydroxylation is 1. The van der Waals surface area contributed by atoms with Gasteiger partial charge in [0.1, 0.15) is 17.8 Å². The molecule has 0 radical (unpaired) electrons. The van der Waals surface area contributed by atoms with Gasteiger partial charge in [0.05, 0.1) is 13.1 Å². The molecular formula is C22H30IN7O. The zero-order valence-electron chi connectivity index (χ0n) is 18.2. The molecule has 166 valence electrons. The highest BCUT2D eigenvalue weighted by molar-refractivity contribution is 14.0. The van der Waals surface area contributed by atoms with Crippen molar-refractivity contribution in [2.24, 2.45) is 4.99 Å². The first-order valence-corrected chi connectivity index (χ1v) is 10.6. The van der Waals surface area contributed by atoms with Gasteiger partial charge in [-0.3, -0.25) is 0 Å². The van der Waals surface area contributed by atoms with Crippen LogP contribution in [0.2, 0.25) is 0 Å². The number of oxazole rings is 1. The Morgan fingerprint density at radius 2 is 2.06 bits per heavy atom. The fourth-order valence-electron chi connectivity index (χ4n) is 3.46. The predicted octanol–water partition coefficient (Wildman–Crippen LogP) is 3.74. The van der Waals surface area contributed by atoms with Crippen LogP contribution in [0, 0.1) is 0 Å². The number of rotatable bonds is 6. The molecule has 0 saturated heterocycles. The first-order chi connectivity index (χ1) is 14.6. The lowest BCUT2D eigenvalue weighted by Crippen LogP contribution is -2.47. The lowest BCUT2D eigenvalue weighted by molar-refractivity contribution is 0.391. The lowest BCUT2D eigenvalue weighted by Gasteiger charge is -2.25. The van der Waals surface area contributed by atoms with Crippen molar-refractivity contribution in [1.82, 2.24) is 30.4 Å². The second-order valence-corrected chi connectivity index (χ2v) is 7.81. The first kappa shape index (κ1) is 23.2. The minimum Gasteiger partial charge on any atom is -0.444 e. The van der Waals surface area contributed by atoms with E-state index in [9.17, 15) is 0 Å². The fourth-order valence-corrected chi connectivity index (χ4v) is 3.46. The highest BCUT2D eigenvalue weighted by Gasteiger charge is 2.23. The smallest absolute Gasteiger partial charge is 0.226 e. The van der Waals surface area contributed by atoms with Gasteiger partial charge in [0, 0.05) is 30.5 Å². The SMILES string of the molecule is CCNC(=NCc1coc(-c2ccccc2)n1)NC1CCc2nc(C(C)C)nn2C1.I. The molecule has 2 aromatic heterocycles. The third-order valence-corrected chi connectivity index (χ3v) is 5.05. The van der Waals surface area contributed by atoms with Gasteiger partial charge in [0.25, 0.3) is 0 Å². The second kappa shape index (κ2) is 10.7. The number of nitrogens with one attached hydrogen (secondary N) is 2. The maximum Gasteiger partial charge on any atom is 0.226 e. The molecule has 3 aromatic rings. The maximum absolute atomic E-state index is 5.61. The van der Waals surface area contributed by atoms with E-state index in [1.807, 2.05) is 35.0 Å². The maximum atomic E-state index is 5.61. The lowest BCUT2D eigenvalue weighted by atomic mass is 10.1. The number of guanidine groups is 1. The Kier molecular flexibility index (Phi) is 8.05. The van der Waals surface area contributed by atoms with Gasteiger partial charge in [-0.2, -0.15) is 5.10 Å². The molecule has 1 unspecified atom stereocenters. The van der Waals surface area contributed by atoms with Gasteiger partial charge >= 0.3 is 0 Å². The molecule has 8 nitrogen and oxygen atoms in total. The number of nitrogens with zero attached hydrogens (tertiary/aromatic N) is 5. The molecule has 1 atom stereocenters. The largest absolute Gasteiger partial charge is 0.444 e. The number of fused-ring (bicyclic) bond motifs is 1. The molecule has 1 aliphatic rings. The van der Waals surface area contributed by atoms with E-state index in [1.54, 1.807) is 6.26 Å². The van der Waals surface area contributed by atoms with Crippen molar-refractivity contribution in [2.45, 2.75) is 58.7 Å². The van der Waals surface area contributed by atoms with E-state index in [1.165, 1.54) is 0 Å². The van der Waals surface area contributed by atoms with E-state index in [0.717, 1.165) is 54.8 Å². The summed E-state index contributed by atoms with van der Waals surface area (Å²) < 4.78 is 7.65. The van der Waals surface area contributed by atoms with Crippen LogP contribution in [-0.2, 0) is 19.5 Å². The minimum atomic E-state index is 0. The fraction of sp³-hybridized carbons (Fsp3) is 0.455. The van der Waals surface area contributed by atoms with E-state index < -0.39 is 0 Å². The van der Waals surface area contributed by atoms with Crippen molar-refractivity contribution in [1.29, 1.82) is 0 Å². The highest BCUT2D eigenvalue weighted by atomic mass is 127. The summed E-state index contributed by atoms with van der Waals surface area (Å²) in [6.45, 7) is 8.34. The molecule has 0 amide bonds. The van der Waals surface area contributed by atoms with Crippen molar-refractivity contribution in [2.75, 3.05) is 6.54 Å². The average molecular weight is 535 g/mol. The first-order valence-electron chi connectivity index (χ1n) is 10.6. The molecule has 0 bridgehead atoms. The Hall–Kier alpha value is -2.43. The third-order valence-electron chi connectivity index (χ3n) is 5.05. The summed E-state index contributed by atoms with van der Waals surface area (Å²) in [4.78, 5) is 13.9. The number of aliphatic imine (C=N–C) groups is 1. The molecule has 2 N–H and O–H groups in total. The Balaban J connectivity index is 0.00000272. The Labute approximate surface area is 200 Å². The Morgan fingerprint density at radius 3 is 2.81 bits per heavy atom. The standard InChI is InChI=1S/C22H29N7O.HI/c1-4-23-22(24-12-18-14-30-21(25-18)16-8-6-5-7-9-16)26-17-10-11-19-27-20(15(2)3)28-29(19)13-17;/h5-9,14-15,17H,4,10-13H2,1-3H3,(H2,23,24,26);1H. The molecular weight excluding hydrogens is 505 g/mol. The van der Waals surface area contributed by atoms with Crippen LogP contribution in [0.15, 0.2) is 46.0 Å². The molecule has 0 spiro atoms. The van der Waals surface area contributed by atoms with Crippen molar-refractivity contribution in [3.8, 4) is 11.5 Å². The van der Waals surface area contributed by atoms with Crippen molar-refractivity contribution >= 4 is 29.9 Å². The zero-order valence-corrected chi connectivity index (χ0v) is 20.5. The van der Waals surface area contributed by atoms with E-state index in [0.29, 0.717) is 18.4 Å². The van der Waals surface area contributed by atoms with Crippen LogP contribution in [0.1, 0.15) is 50.5 Å². The van der Waals surface area contributed by atoms with Crippen molar-refractivity contribution in [3.63, 3.8) is 0 Å². The summed E-state index contributed by atoms with van der Waals surface area (Å²) >= 11 is 0. The molecule has 3 heterocycles. The van der Waals surface area contributed by atoms with Crippen LogP contribution in [0.3, 0.4) is 0 Å². The molecule has 1 aliphatic heterocycles. The number of halogens is 1. The zero-order chi connectivity index (χ0) is 20.9. The average Bonchev–Trinajstić information content (AvgIpc) is 3.40. The van der Waals surface area contributed by atoms with Crippen LogP contribution in [-0.4, -0.2) is 38.3 Å². The Bertz CT molecular complexity index is 996. The molecule has 9 heteroatoms.